The first-order valence-electron chi connectivity index (χ1n) is 10.4. The van der Waals surface area contributed by atoms with Crippen molar-refractivity contribution in [2.24, 2.45) is 0 Å². The van der Waals surface area contributed by atoms with Crippen molar-refractivity contribution in [3.05, 3.63) is 58.9 Å². The first kappa shape index (κ1) is 23.0. The van der Waals surface area contributed by atoms with Crippen molar-refractivity contribution < 1.29 is 22.7 Å². The fourth-order valence-electron chi connectivity index (χ4n) is 3.54. The molecular weight excluding hydrogens is 379 g/mol. The molecule has 0 saturated carbocycles. The van der Waals surface area contributed by atoms with Crippen LogP contribution in [-0.4, -0.2) is 17.1 Å². The molecule has 160 valence electrons. The molecular formula is C23H30F3NO2. The van der Waals surface area contributed by atoms with Gasteiger partial charge in [0, 0.05) is 12.7 Å². The number of aryl methyl sites for hydroxylation is 1. The molecule has 2 aromatic rings. The number of hydrogen-bond donors (Lipinski definition) is 0. The van der Waals surface area contributed by atoms with Gasteiger partial charge in [0.05, 0.1) is 12.2 Å². The largest absolute Gasteiger partial charge is 0.462 e. The molecule has 3 nitrogen and oxygen atoms in total. The molecule has 0 N–H and O–H groups in total. The van der Waals surface area contributed by atoms with Gasteiger partial charge in [0.25, 0.3) is 0 Å². The number of nitrogens with zero attached hydrogens (tertiary/aromatic N) is 1. The minimum atomic E-state index is -4.64. The summed E-state index contributed by atoms with van der Waals surface area (Å²) in [5.74, 6) is -0.896. The lowest BCUT2D eigenvalue weighted by Gasteiger charge is -2.14. The zero-order chi connectivity index (χ0) is 21.3. The molecule has 1 heterocycles. The van der Waals surface area contributed by atoms with Crippen molar-refractivity contribution in [3.63, 3.8) is 0 Å². The lowest BCUT2D eigenvalue weighted by molar-refractivity contribution is -0.143. The van der Waals surface area contributed by atoms with E-state index < -0.39 is 17.8 Å². The van der Waals surface area contributed by atoms with Crippen LogP contribution in [-0.2, 0) is 23.9 Å². The van der Waals surface area contributed by atoms with E-state index in [1.54, 1.807) is 31.2 Å². The summed E-state index contributed by atoms with van der Waals surface area (Å²) < 4.78 is 47.9. The van der Waals surface area contributed by atoms with E-state index in [0.717, 1.165) is 42.2 Å². The summed E-state index contributed by atoms with van der Waals surface area (Å²) in [4.78, 5) is 12.4. The van der Waals surface area contributed by atoms with E-state index in [0.29, 0.717) is 12.0 Å². The van der Waals surface area contributed by atoms with Gasteiger partial charge in [0.2, 0.25) is 0 Å². The van der Waals surface area contributed by atoms with Gasteiger partial charge in [-0.05, 0) is 30.9 Å². The average molecular weight is 409 g/mol. The summed E-state index contributed by atoms with van der Waals surface area (Å²) in [5, 5.41) is 0. The number of unbranched alkanes of at least 4 members (excludes halogenated alkanes) is 5. The van der Waals surface area contributed by atoms with Crippen molar-refractivity contribution in [1.29, 1.82) is 0 Å². The van der Waals surface area contributed by atoms with Crippen LogP contribution in [0.1, 0.15) is 79.6 Å². The van der Waals surface area contributed by atoms with Crippen LogP contribution in [0.5, 0.6) is 0 Å². The Morgan fingerprint density at radius 2 is 1.66 bits per heavy atom. The molecule has 0 fully saturated rings. The maximum absolute atomic E-state index is 13.9. The fourth-order valence-corrected chi connectivity index (χ4v) is 3.54. The van der Waals surface area contributed by atoms with Crippen molar-refractivity contribution >= 4 is 5.97 Å². The van der Waals surface area contributed by atoms with Gasteiger partial charge >= 0.3 is 12.1 Å². The number of benzene rings is 1. The Morgan fingerprint density at radius 3 is 2.28 bits per heavy atom. The molecule has 1 aromatic carbocycles. The molecule has 0 aliphatic rings. The normalized spacial score (nSPS) is 11.6. The number of esters is 1. The molecule has 0 aliphatic heterocycles. The molecule has 0 unspecified atom stereocenters. The molecule has 0 aliphatic carbocycles. The van der Waals surface area contributed by atoms with Crippen LogP contribution >= 0.6 is 0 Å². The van der Waals surface area contributed by atoms with E-state index in [4.69, 9.17) is 4.74 Å². The van der Waals surface area contributed by atoms with Crippen molar-refractivity contribution in [2.75, 3.05) is 6.61 Å². The minimum absolute atomic E-state index is 0.0381. The maximum atomic E-state index is 13.9. The topological polar surface area (TPSA) is 31.2 Å². The summed E-state index contributed by atoms with van der Waals surface area (Å²) in [5.41, 5.74) is -0.0821. The van der Waals surface area contributed by atoms with Gasteiger partial charge in [0.1, 0.15) is 5.69 Å². The maximum Gasteiger partial charge on any atom is 0.432 e. The highest BCUT2D eigenvalue weighted by Gasteiger charge is 2.41. The fraction of sp³-hybridized carbons (Fsp3) is 0.522. The van der Waals surface area contributed by atoms with Gasteiger partial charge in [-0.25, -0.2) is 4.79 Å². The Kier molecular flexibility index (Phi) is 8.80. The van der Waals surface area contributed by atoms with Gasteiger partial charge in [-0.15, -0.1) is 0 Å². The van der Waals surface area contributed by atoms with Gasteiger partial charge in [0.15, 0.2) is 0 Å². The third-order valence-corrected chi connectivity index (χ3v) is 4.90. The quantitative estimate of drug-likeness (QED) is 0.308. The van der Waals surface area contributed by atoms with Gasteiger partial charge < -0.3 is 9.30 Å². The molecule has 0 spiro atoms. The Morgan fingerprint density at radius 1 is 1.00 bits per heavy atom. The zero-order valence-corrected chi connectivity index (χ0v) is 17.2. The second kappa shape index (κ2) is 11.1. The average Bonchev–Trinajstić information content (AvgIpc) is 3.04. The molecule has 2 rings (SSSR count). The molecule has 0 amide bonds. The Hall–Kier alpha value is -2.24. The second-order valence-electron chi connectivity index (χ2n) is 7.23. The molecule has 1 aromatic heterocycles. The summed E-state index contributed by atoms with van der Waals surface area (Å²) >= 11 is 0. The van der Waals surface area contributed by atoms with Crippen LogP contribution < -0.4 is 0 Å². The summed E-state index contributed by atoms with van der Waals surface area (Å²) in [6.07, 6.45) is 3.46. The summed E-state index contributed by atoms with van der Waals surface area (Å²) in [7, 11) is 0. The Bertz CT molecular complexity index is 766. The number of halogens is 3. The van der Waals surface area contributed by atoms with Gasteiger partial charge in [-0.2, -0.15) is 13.2 Å². The third kappa shape index (κ3) is 6.65. The first-order chi connectivity index (χ1) is 13.9. The number of ether oxygens (including phenoxy) is 1. The molecule has 0 radical (unpaired) electrons. The molecule has 29 heavy (non-hydrogen) atoms. The SMILES string of the molecule is CCCCCCCCc1cn(Cc2ccccc2)c(C(F)(F)F)c1C(=O)OCC. The highest BCUT2D eigenvalue weighted by atomic mass is 19.4. The minimum Gasteiger partial charge on any atom is -0.462 e. The predicted molar refractivity (Wildman–Crippen MR) is 108 cm³/mol. The number of carbonyl (C=O) groups excluding carboxylic acids is 1. The van der Waals surface area contributed by atoms with Crippen LogP contribution in [0.2, 0.25) is 0 Å². The van der Waals surface area contributed by atoms with E-state index in [2.05, 4.69) is 6.92 Å². The lowest BCUT2D eigenvalue weighted by Crippen LogP contribution is -2.19. The first-order valence-corrected chi connectivity index (χ1v) is 10.4. The zero-order valence-electron chi connectivity index (χ0n) is 17.2. The Balaban J connectivity index is 2.33. The third-order valence-electron chi connectivity index (χ3n) is 4.90. The molecule has 6 heteroatoms. The van der Waals surface area contributed by atoms with Crippen LogP contribution in [0.3, 0.4) is 0 Å². The number of aromatic nitrogens is 1. The van der Waals surface area contributed by atoms with Gasteiger partial charge in [-0.1, -0.05) is 69.4 Å². The monoisotopic (exact) mass is 409 g/mol. The van der Waals surface area contributed by atoms with Crippen molar-refractivity contribution in [1.82, 2.24) is 4.57 Å². The summed E-state index contributed by atoms with van der Waals surface area (Å²) in [6.45, 7) is 3.83. The van der Waals surface area contributed by atoms with E-state index in [1.807, 2.05) is 6.07 Å². The van der Waals surface area contributed by atoms with Gasteiger partial charge in [-0.3, -0.25) is 0 Å². The number of alkyl halides is 3. The van der Waals surface area contributed by atoms with E-state index in [-0.39, 0.29) is 18.7 Å². The molecule has 0 atom stereocenters. The molecule has 0 bridgehead atoms. The molecule has 0 saturated heterocycles. The lowest BCUT2D eigenvalue weighted by atomic mass is 10.0. The van der Waals surface area contributed by atoms with Crippen LogP contribution in [0.25, 0.3) is 0 Å². The van der Waals surface area contributed by atoms with Crippen molar-refractivity contribution in [2.45, 2.75) is 71.5 Å². The highest BCUT2D eigenvalue weighted by Crippen LogP contribution is 2.36. The second-order valence-corrected chi connectivity index (χ2v) is 7.23. The highest BCUT2D eigenvalue weighted by molar-refractivity contribution is 5.93. The number of hydrogen-bond acceptors (Lipinski definition) is 2. The van der Waals surface area contributed by atoms with Crippen LogP contribution in [0, 0.1) is 0 Å². The van der Waals surface area contributed by atoms with E-state index >= 15 is 0 Å². The standard InChI is InChI=1S/C23H30F3NO2/c1-3-5-6-7-8-12-15-19-17-27(16-18-13-10-9-11-14-18)21(23(24,25)26)20(19)22(28)29-4-2/h9-11,13-14,17H,3-8,12,15-16H2,1-2H3. The number of carbonyl (C=O) groups is 1. The van der Waals surface area contributed by atoms with E-state index in [1.165, 1.54) is 12.6 Å². The Labute approximate surface area is 170 Å². The van der Waals surface area contributed by atoms with E-state index in [9.17, 15) is 18.0 Å². The predicted octanol–water partition coefficient (Wildman–Crippen LogP) is 6.63. The number of rotatable bonds is 11. The van der Waals surface area contributed by atoms with Crippen LogP contribution in [0.4, 0.5) is 13.2 Å². The van der Waals surface area contributed by atoms with Crippen LogP contribution in [0.15, 0.2) is 36.5 Å². The smallest absolute Gasteiger partial charge is 0.432 e. The van der Waals surface area contributed by atoms with Crippen molar-refractivity contribution in [3.8, 4) is 0 Å². The summed E-state index contributed by atoms with van der Waals surface area (Å²) in [6, 6.07) is 8.94.